The average molecular weight is 260 g/mol. The maximum absolute atomic E-state index is 8.52. The van der Waals surface area contributed by atoms with Crippen molar-refractivity contribution in [2.45, 2.75) is 19.8 Å². The van der Waals surface area contributed by atoms with E-state index in [0.29, 0.717) is 6.61 Å². The Morgan fingerprint density at radius 1 is 1.20 bits per heavy atom. The molecular formula is C6H14Na2O6S. The second kappa shape index (κ2) is 18.2. The van der Waals surface area contributed by atoms with Crippen molar-refractivity contribution < 1.29 is 86.5 Å². The average Bonchev–Trinajstić information content (AvgIpc) is 1.95. The molecule has 0 aliphatic heterocycles. The third-order valence-electron chi connectivity index (χ3n) is 0.878. The molecule has 0 aromatic rings. The molecule has 0 bridgehead atoms. The Labute approximate surface area is 135 Å². The maximum Gasteiger partial charge on any atom is 1.00 e. The van der Waals surface area contributed by atoms with Crippen molar-refractivity contribution in [2.75, 3.05) is 19.8 Å². The molecule has 82 valence electrons. The third kappa shape index (κ3) is 65.1. The van der Waals surface area contributed by atoms with E-state index in [1.54, 1.807) is 0 Å². The zero-order valence-corrected chi connectivity index (χ0v) is 14.2. The van der Waals surface area contributed by atoms with Crippen molar-refractivity contribution in [1.29, 1.82) is 0 Å². The normalized spacial score (nSPS) is 9.07. The number of rotatable bonds is 5. The predicted molar refractivity (Wildman–Crippen MR) is 43.3 cm³/mol. The molecule has 0 spiro atoms. The van der Waals surface area contributed by atoms with Crippen molar-refractivity contribution in [3.63, 3.8) is 0 Å². The van der Waals surface area contributed by atoms with Crippen LogP contribution in [0.5, 0.6) is 0 Å². The Balaban J connectivity index is -0.0000000770. The van der Waals surface area contributed by atoms with Crippen molar-refractivity contribution in [3.05, 3.63) is 0 Å². The molecular weight excluding hydrogens is 246 g/mol. The summed E-state index contributed by atoms with van der Waals surface area (Å²) < 4.78 is 39.1. The Hall–Kier alpha value is 1.79. The molecule has 0 aliphatic rings. The van der Waals surface area contributed by atoms with Crippen LogP contribution < -0.4 is 59.1 Å². The number of hydrogen-bond acceptors (Lipinski definition) is 6. The largest absolute Gasteiger partial charge is 1.00 e. The van der Waals surface area contributed by atoms with Crippen LogP contribution in [-0.4, -0.2) is 42.5 Å². The molecule has 0 radical (unpaired) electrons. The number of ether oxygens (including phenoxy) is 1. The molecule has 9 heteroatoms. The van der Waals surface area contributed by atoms with Crippen molar-refractivity contribution in [3.8, 4) is 0 Å². The Bertz CT molecular complexity index is 170. The van der Waals surface area contributed by atoms with Gasteiger partial charge >= 0.3 is 59.1 Å². The van der Waals surface area contributed by atoms with Gasteiger partial charge in [-0.25, -0.2) is 0 Å². The summed E-state index contributed by atoms with van der Waals surface area (Å²) in [5.41, 5.74) is 0. The molecule has 0 aromatic carbocycles. The van der Waals surface area contributed by atoms with E-state index in [1.165, 1.54) is 0 Å². The number of aliphatic hydroxyl groups is 1. The van der Waals surface area contributed by atoms with E-state index in [0.717, 1.165) is 19.4 Å². The van der Waals surface area contributed by atoms with Gasteiger partial charge in [0.1, 0.15) is 0 Å². The van der Waals surface area contributed by atoms with Gasteiger partial charge in [-0.05, 0) is 6.42 Å². The third-order valence-corrected chi connectivity index (χ3v) is 0.878. The topological polar surface area (TPSA) is 110 Å². The molecule has 0 heterocycles. The molecule has 1 N–H and O–H groups in total. The van der Waals surface area contributed by atoms with E-state index in [2.05, 4.69) is 6.92 Å². The van der Waals surface area contributed by atoms with E-state index >= 15 is 0 Å². The molecule has 0 unspecified atom stereocenters. The fourth-order valence-electron chi connectivity index (χ4n) is 0.413. The first kappa shape index (κ1) is 25.6. The van der Waals surface area contributed by atoms with Crippen LogP contribution in [0.25, 0.3) is 0 Å². The standard InChI is InChI=1S/C6H14O2.2Na.H2O4S/c1-2-3-5-8-6-4-7;;;1-5(2,3)4/h7H,2-6H2,1H3;;;(H2,1,2,3,4)/q;2*+1;/p-2. The van der Waals surface area contributed by atoms with Crippen LogP contribution in [0, 0.1) is 0 Å². The molecule has 0 amide bonds. The number of aliphatic hydroxyl groups excluding tert-OH is 1. The molecule has 15 heavy (non-hydrogen) atoms. The van der Waals surface area contributed by atoms with Crippen LogP contribution >= 0.6 is 0 Å². The van der Waals surface area contributed by atoms with Gasteiger partial charge in [-0.3, -0.25) is 8.42 Å². The van der Waals surface area contributed by atoms with E-state index < -0.39 is 10.4 Å². The molecule has 0 saturated heterocycles. The van der Waals surface area contributed by atoms with Gasteiger partial charge < -0.3 is 18.9 Å². The first-order valence-electron chi connectivity index (χ1n) is 3.77. The van der Waals surface area contributed by atoms with Gasteiger partial charge in [-0.2, -0.15) is 0 Å². The van der Waals surface area contributed by atoms with Crippen molar-refractivity contribution >= 4 is 10.4 Å². The van der Waals surface area contributed by atoms with E-state index in [4.69, 9.17) is 27.4 Å². The summed E-state index contributed by atoms with van der Waals surface area (Å²) in [4.78, 5) is 0. The molecule has 0 aromatic heterocycles. The summed E-state index contributed by atoms with van der Waals surface area (Å²) in [5.74, 6) is 0. The Morgan fingerprint density at radius 2 is 1.60 bits per heavy atom. The zero-order valence-electron chi connectivity index (χ0n) is 9.43. The van der Waals surface area contributed by atoms with Crippen LogP contribution in [0.15, 0.2) is 0 Å². The first-order valence-corrected chi connectivity index (χ1v) is 5.10. The summed E-state index contributed by atoms with van der Waals surface area (Å²) in [5, 5.41) is 8.24. The van der Waals surface area contributed by atoms with Gasteiger partial charge in [0.2, 0.25) is 0 Å². The van der Waals surface area contributed by atoms with Gasteiger partial charge in [0.25, 0.3) is 0 Å². The van der Waals surface area contributed by atoms with Crippen LogP contribution in [0.4, 0.5) is 0 Å². The first-order chi connectivity index (χ1) is 5.91. The van der Waals surface area contributed by atoms with Crippen molar-refractivity contribution in [1.82, 2.24) is 0 Å². The van der Waals surface area contributed by atoms with Gasteiger partial charge in [0.15, 0.2) is 0 Å². The fraction of sp³-hybridized carbons (Fsp3) is 1.00. The molecule has 0 atom stereocenters. The van der Waals surface area contributed by atoms with Gasteiger partial charge in [-0.15, -0.1) is 0 Å². The SMILES string of the molecule is CCCCOCCO.O=S(=O)([O-])[O-].[Na+].[Na+]. The molecule has 0 fully saturated rings. The van der Waals surface area contributed by atoms with E-state index in [9.17, 15) is 0 Å². The minimum absolute atomic E-state index is 0. The molecule has 0 rings (SSSR count). The Morgan fingerprint density at radius 3 is 1.87 bits per heavy atom. The van der Waals surface area contributed by atoms with Gasteiger partial charge in [0.05, 0.1) is 13.2 Å². The van der Waals surface area contributed by atoms with E-state index in [1.807, 2.05) is 0 Å². The molecule has 0 saturated carbocycles. The number of hydrogen-bond donors (Lipinski definition) is 1. The minimum atomic E-state index is -5.17. The molecule has 0 aliphatic carbocycles. The zero-order chi connectivity index (χ0) is 10.7. The fourth-order valence-corrected chi connectivity index (χ4v) is 0.413. The van der Waals surface area contributed by atoms with Crippen LogP contribution in [0.1, 0.15) is 19.8 Å². The summed E-state index contributed by atoms with van der Waals surface area (Å²) in [6.07, 6.45) is 2.26. The summed E-state index contributed by atoms with van der Waals surface area (Å²) in [6.45, 7) is 3.53. The van der Waals surface area contributed by atoms with Crippen LogP contribution in [0.3, 0.4) is 0 Å². The maximum atomic E-state index is 8.52. The second-order valence-corrected chi connectivity index (χ2v) is 2.91. The van der Waals surface area contributed by atoms with Crippen LogP contribution in [0.2, 0.25) is 0 Å². The van der Waals surface area contributed by atoms with Gasteiger partial charge in [-0.1, -0.05) is 13.3 Å². The summed E-state index contributed by atoms with van der Waals surface area (Å²) in [7, 11) is -5.17. The van der Waals surface area contributed by atoms with Crippen LogP contribution in [-0.2, 0) is 15.1 Å². The second-order valence-electron chi connectivity index (χ2n) is 2.10. The monoisotopic (exact) mass is 260 g/mol. The summed E-state index contributed by atoms with van der Waals surface area (Å²) >= 11 is 0. The summed E-state index contributed by atoms with van der Waals surface area (Å²) in [6, 6.07) is 0. The minimum Gasteiger partial charge on any atom is -0.759 e. The smallest absolute Gasteiger partial charge is 0.759 e. The number of unbranched alkanes of at least 4 members (excludes halogenated alkanes) is 1. The van der Waals surface area contributed by atoms with Gasteiger partial charge in [0, 0.05) is 17.0 Å². The predicted octanol–water partition coefficient (Wildman–Crippen LogP) is -6.53. The Kier molecular flexibility index (Phi) is 31.0. The molecule has 6 nitrogen and oxygen atoms in total. The van der Waals surface area contributed by atoms with E-state index in [-0.39, 0.29) is 65.7 Å². The quantitative estimate of drug-likeness (QED) is 0.228. The van der Waals surface area contributed by atoms with Crippen molar-refractivity contribution in [2.24, 2.45) is 0 Å².